The Balaban J connectivity index is 1.28. The highest BCUT2D eigenvalue weighted by Gasteiger charge is 2.37. The van der Waals surface area contributed by atoms with Gasteiger partial charge in [-0.15, -0.1) is 0 Å². The highest BCUT2D eigenvalue weighted by atomic mass is 16.5. The van der Waals surface area contributed by atoms with Gasteiger partial charge in [-0.3, -0.25) is 28.8 Å². The molecule has 400 valence electrons. The Hall–Kier alpha value is -7.67. The number of ether oxygens (including phenoxy) is 3. The van der Waals surface area contributed by atoms with Gasteiger partial charge in [0, 0.05) is 43.2 Å². The molecule has 1 aliphatic carbocycles. The van der Waals surface area contributed by atoms with E-state index in [0.29, 0.717) is 45.4 Å². The third-order valence-corrected chi connectivity index (χ3v) is 13.1. The summed E-state index contributed by atoms with van der Waals surface area (Å²) in [5.74, 6) is -2.22. The first-order chi connectivity index (χ1) is 36.1. The second-order valence-corrected chi connectivity index (χ2v) is 18.7. The van der Waals surface area contributed by atoms with Gasteiger partial charge < -0.3 is 62.9 Å². The molecule has 2 heterocycles. The first-order valence-corrected chi connectivity index (χ1v) is 25.5. The number of nitrogens with one attached hydrogen (secondary N) is 5. The van der Waals surface area contributed by atoms with Crippen molar-refractivity contribution in [2.24, 2.45) is 17.2 Å². The van der Waals surface area contributed by atoms with Crippen LogP contribution in [0.25, 0.3) is 22.5 Å². The number of aryl methyl sites for hydroxylation is 2. The van der Waals surface area contributed by atoms with Crippen LogP contribution in [0.5, 0.6) is 17.2 Å². The number of nitriles is 1. The zero-order chi connectivity index (χ0) is 54.2. The fraction of sp³-hybridized carbons (Fsp3) is 0.463. The van der Waals surface area contributed by atoms with Gasteiger partial charge in [0.25, 0.3) is 5.91 Å². The van der Waals surface area contributed by atoms with Crippen LogP contribution in [0.1, 0.15) is 97.7 Å². The lowest BCUT2D eigenvalue weighted by atomic mass is 9.93. The normalized spacial score (nSPS) is 17.6. The highest BCUT2D eigenvalue weighted by Crippen LogP contribution is 2.40. The SMILES string of the molecule is CC[C@H](NC(=O)c1c(C)nc(-c2ccc(OC3CCCCC3)cc2)nc1C)C(=O)N[C@@H](CCN)C(=O)N(C)[C@@H]1C(=O)N[C@@H](C)C(=O)N[C@H](C(=O)NCC#N)Cc2ccc(OCCN)c(c2)-c2cc1ccc2OCCN. The molecule has 6 rings (SSSR count). The number of likely N-dealkylation sites (N-methyl/N-ethyl adjacent to an activating group) is 1. The average molecular weight is 1030 g/mol. The minimum Gasteiger partial charge on any atom is -0.492 e. The zero-order valence-corrected chi connectivity index (χ0v) is 43.3. The first kappa shape index (κ1) is 56.6. The van der Waals surface area contributed by atoms with Gasteiger partial charge in [-0.2, -0.15) is 5.26 Å². The second-order valence-electron chi connectivity index (χ2n) is 18.7. The number of carbonyl (C=O) groups is 6. The third kappa shape index (κ3) is 14.6. The van der Waals surface area contributed by atoms with E-state index in [0.717, 1.165) is 41.9 Å². The molecule has 11 N–H and O–H groups in total. The fourth-order valence-electron chi connectivity index (χ4n) is 9.22. The Kier molecular flexibility index (Phi) is 20.4. The Labute approximate surface area is 437 Å². The Morgan fingerprint density at radius 3 is 2.08 bits per heavy atom. The molecule has 2 aliphatic rings. The number of amides is 6. The molecule has 21 heteroatoms. The van der Waals surface area contributed by atoms with Gasteiger partial charge in [0.1, 0.15) is 67.2 Å². The molecule has 1 fully saturated rings. The van der Waals surface area contributed by atoms with E-state index in [1.807, 2.05) is 30.3 Å². The van der Waals surface area contributed by atoms with Crippen molar-refractivity contribution in [2.75, 3.05) is 46.4 Å². The number of hydrogen-bond donors (Lipinski definition) is 8. The molecule has 75 heavy (non-hydrogen) atoms. The lowest BCUT2D eigenvalue weighted by molar-refractivity contribution is -0.143. The fourth-order valence-corrected chi connectivity index (χ4v) is 9.22. The summed E-state index contributed by atoms with van der Waals surface area (Å²) in [4.78, 5) is 95.2. The standard InChI is InChI=1S/C54H70N12O9/c1-6-41(63-52(70)46-31(2)60-48(61-32(46)3)35-13-16-38(17-14-35)75-37-10-8-7-9-11-37)51(69)64-42(20-21-55)54(72)66(5)47-36-15-19-45(74-27-24-58)40(30-36)39-28-34(12-18-44(39)73-26-23-57)29-43(50(68)59-25-22-56)65-49(67)33(4)62-53(47)71/h12-19,28,30,33,37,41-43,47H,6-11,20-21,23-27,29,55,57-58H2,1-5H3,(H,59,68)(H,62,71)(H,63,70)(H,64,69)(H,65,67)/t33-,41-,42-,43-,47-/m0/s1. The van der Waals surface area contributed by atoms with Gasteiger partial charge in [0.15, 0.2) is 5.82 Å². The number of nitrogens with zero attached hydrogens (tertiary/aromatic N) is 4. The van der Waals surface area contributed by atoms with Crippen molar-refractivity contribution in [1.29, 1.82) is 5.26 Å². The van der Waals surface area contributed by atoms with Crippen LogP contribution in [-0.4, -0.2) is 127 Å². The van der Waals surface area contributed by atoms with Crippen LogP contribution in [-0.2, 0) is 30.4 Å². The molecular weight excluding hydrogens is 961 g/mol. The predicted molar refractivity (Wildman–Crippen MR) is 280 cm³/mol. The highest BCUT2D eigenvalue weighted by molar-refractivity contribution is 6.00. The monoisotopic (exact) mass is 1030 g/mol. The third-order valence-electron chi connectivity index (χ3n) is 13.1. The van der Waals surface area contributed by atoms with Crippen molar-refractivity contribution < 1.29 is 43.0 Å². The van der Waals surface area contributed by atoms with E-state index >= 15 is 0 Å². The van der Waals surface area contributed by atoms with Crippen LogP contribution >= 0.6 is 0 Å². The number of rotatable bonds is 20. The van der Waals surface area contributed by atoms with E-state index in [1.165, 1.54) is 20.4 Å². The summed E-state index contributed by atoms with van der Waals surface area (Å²) in [6, 6.07) is 13.2. The summed E-state index contributed by atoms with van der Waals surface area (Å²) in [5.41, 5.74) is 21.2. The largest absolute Gasteiger partial charge is 0.492 e. The Bertz CT molecular complexity index is 2700. The molecule has 21 nitrogen and oxygen atoms in total. The molecule has 0 spiro atoms. The molecule has 1 saturated carbocycles. The maximum atomic E-state index is 14.8. The van der Waals surface area contributed by atoms with Gasteiger partial charge in [0.05, 0.1) is 29.1 Å². The van der Waals surface area contributed by atoms with Crippen molar-refractivity contribution in [3.63, 3.8) is 0 Å². The molecule has 0 saturated heterocycles. The van der Waals surface area contributed by atoms with Crippen molar-refractivity contribution in [2.45, 2.75) is 115 Å². The van der Waals surface area contributed by atoms with Gasteiger partial charge in [-0.05, 0) is 125 Å². The smallest absolute Gasteiger partial charge is 0.255 e. The molecule has 6 amide bonds. The molecular formula is C54H70N12O9. The van der Waals surface area contributed by atoms with E-state index in [-0.39, 0.29) is 75.9 Å². The van der Waals surface area contributed by atoms with Crippen LogP contribution in [0, 0.1) is 25.2 Å². The molecule has 1 aromatic heterocycles. The van der Waals surface area contributed by atoms with Gasteiger partial charge >= 0.3 is 0 Å². The van der Waals surface area contributed by atoms with Crippen LogP contribution in [0.4, 0.5) is 0 Å². The van der Waals surface area contributed by atoms with E-state index < -0.39 is 65.7 Å². The minimum atomic E-state index is -1.45. The van der Waals surface area contributed by atoms with Crippen molar-refractivity contribution >= 4 is 35.4 Å². The van der Waals surface area contributed by atoms with Gasteiger partial charge in [-0.1, -0.05) is 25.5 Å². The number of benzene rings is 3. The zero-order valence-electron chi connectivity index (χ0n) is 43.3. The predicted octanol–water partition coefficient (Wildman–Crippen LogP) is 2.54. The minimum absolute atomic E-state index is 0.0175. The molecule has 5 atom stereocenters. The van der Waals surface area contributed by atoms with Crippen LogP contribution in [0.2, 0.25) is 0 Å². The first-order valence-electron chi connectivity index (χ1n) is 25.5. The molecule has 4 bridgehead atoms. The number of fused-ring (bicyclic) bond motifs is 5. The lowest BCUT2D eigenvalue weighted by Crippen LogP contribution is -2.57. The van der Waals surface area contributed by atoms with Crippen molar-refractivity contribution in [3.8, 4) is 45.8 Å². The summed E-state index contributed by atoms with van der Waals surface area (Å²) in [7, 11) is 1.38. The lowest BCUT2D eigenvalue weighted by Gasteiger charge is -2.33. The van der Waals surface area contributed by atoms with Crippen LogP contribution in [0.15, 0.2) is 60.7 Å². The summed E-state index contributed by atoms with van der Waals surface area (Å²) in [5, 5.41) is 22.7. The van der Waals surface area contributed by atoms with Gasteiger partial charge in [0.2, 0.25) is 29.5 Å². The van der Waals surface area contributed by atoms with Gasteiger partial charge in [-0.25, -0.2) is 9.97 Å². The number of carbonyl (C=O) groups excluding carboxylic acids is 6. The summed E-state index contributed by atoms with van der Waals surface area (Å²) >= 11 is 0. The van der Waals surface area contributed by atoms with Crippen molar-refractivity contribution in [3.05, 3.63) is 88.7 Å². The van der Waals surface area contributed by atoms with Crippen molar-refractivity contribution in [1.82, 2.24) is 41.5 Å². The average Bonchev–Trinajstić information content (AvgIpc) is 3.40. The maximum absolute atomic E-state index is 14.8. The maximum Gasteiger partial charge on any atom is 0.255 e. The van der Waals surface area contributed by atoms with E-state index in [1.54, 1.807) is 57.2 Å². The number of hydrogen-bond acceptors (Lipinski definition) is 15. The summed E-state index contributed by atoms with van der Waals surface area (Å²) in [6.07, 6.45) is 5.88. The number of nitrogens with two attached hydrogens (primary N) is 3. The Morgan fingerprint density at radius 2 is 1.47 bits per heavy atom. The molecule has 4 aromatic rings. The summed E-state index contributed by atoms with van der Waals surface area (Å²) in [6.45, 7) is 6.73. The van der Waals surface area contributed by atoms with E-state index in [9.17, 15) is 34.0 Å². The molecule has 0 unspecified atom stereocenters. The topological polar surface area (TPSA) is 321 Å². The molecule has 3 aromatic carbocycles. The summed E-state index contributed by atoms with van der Waals surface area (Å²) < 4.78 is 18.4. The molecule has 1 aliphatic heterocycles. The number of aromatic nitrogens is 2. The quantitative estimate of drug-likeness (QED) is 0.0590. The second kappa shape index (κ2) is 27.0. The molecule has 0 radical (unpaired) electrons. The van der Waals surface area contributed by atoms with E-state index in [4.69, 9.17) is 31.4 Å². The van der Waals surface area contributed by atoms with Crippen LogP contribution in [0.3, 0.4) is 0 Å². The Morgan fingerprint density at radius 1 is 0.827 bits per heavy atom. The van der Waals surface area contributed by atoms with Crippen LogP contribution < -0.4 is 58.0 Å². The van der Waals surface area contributed by atoms with E-state index in [2.05, 4.69) is 36.6 Å².